The predicted octanol–water partition coefficient (Wildman–Crippen LogP) is 1.75. The van der Waals surface area contributed by atoms with Crippen LogP contribution < -0.4 is 9.62 Å². The Morgan fingerprint density at radius 1 is 1.29 bits per heavy atom. The highest BCUT2D eigenvalue weighted by Gasteiger charge is 2.28. The van der Waals surface area contributed by atoms with Crippen molar-refractivity contribution in [3.63, 3.8) is 0 Å². The lowest BCUT2D eigenvalue weighted by Gasteiger charge is -2.18. The highest BCUT2D eigenvalue weighted by atomic mass is 32.2. The number of benzene rings is 1. The van der Waals surface area contributed by atoms with Gasteiger partial charge in [0.05, 0.1) is 16.9 Å². The Bertz CT molecular complexity index is 737. The molecule has 1 aliphatic heterocycles. The maximum Gasteiger partial charge on any atom is 0.311 e. The van der Waals surface area contributed by atoms with Crippen LogP contribution in [-0.4, -0.2) is 39.2 Å². The van der Waals surface area contributed by atoms with Crippen molar-refractivity contribution < 1.29 is 22.7 Å². The van der Waals surface area contributed by atoms with Crippen molar-refractivity contribution in [1.82, 2.24) is 0 Å². The van der Waals surface area contributed by atoms with Gasteiger partial charge in [-0.25, -0.2) is 8.42 Å². The van der Waals surface area contributed by atoms with Crippen molar-refractivity contribution in [2.24, 2.45) is 5.41 Å². The molecule has 1 aromatic rings. The second-order valence-electron chi connectivity index (χ2n) is 6.67. The third-order valence-electron chi connectivity index (χ3n) is 3.46. The van der Waals surface area contributed by atoms with Crippen molar-refractivity contribution in [3.05, 3.63) is 24.3 Å². The van der Waals surface area contributed by atoms with E-state index in [-0.39, 0.29) is 12.4 Å². The van der Waals surface area contributed by atoms with Gasteiger partial charge >= 0.3 is 5.97 Å². The van der Waals surface area contributed by atoms with Crippen LogP contribution in [0, 0.1) is 5.41 Å². The summed E-state index contributed by atoms with van der Waals surface area (Å²) in [5.74, 6) is -0.810. The lowest BCUT2D eigenvalue weighted by Crippen LogP contribution is -2.28. The summed E-state index contributed by atoms with van der Waals surface area (Å²) in [7, 11) is -3.27. The number of esters is 1. The van der Waals surface area contributed by atoms with Crippen LogP contribution in [0.1, 0.15) is 27.2 Å². The third kappa shape index (κ3) is 4.47. The first-order valence-corrected chi connectivity index (χ1v) is 9.28. The smallest absolute Gasteiger partial charge is 0.311 e. The molecule has 1 fully saturated rings. The molecule has 132 valence electrons. The first-order valence-electron chi connectivity index (χ1n) is 7.67. The minimum Gasteiger partial charge on any atom is -0.455 e. The molecule has 0 radical (unpaired) electrons. The molecule has 1 amide bonds. The van der Waals surface area contributed by atoms with E-state index < -0.39 is 27.3 Å². The summed E-state index contributed by atoms with van der Waals surface area (Å²) >= 11 is 0. The first kappa shape index (κ1) is 18.3. The summed E-state index contributed by atoms with van der Waals surface area (Å²) < 4.78 is 30.2. The van der Waals surface area contributed by atoms with E-state index in [0.717, 1.165) is 0 Å². The molecule has 2 rings (SSSR count). The van der Waals surface area contributed by atoms with Crippen LogP contribution >= 0.6 is 0 Å². The Labute approximate surface area is 142 Å². The van der Waals surface area contributed by atoms with Gasteiger partial charge in [-0.15, -0.1) is 0 Å². The molecule has 0 aromatic heterocycles. The molecule has 0 unspecified atom stereocenters. The topological polar surface area (TPSA) is 92.8 Å². The number of sulfonamides is 1. The van der Waals surface area contributed by atoms with Gasteiger partial charge in [0.15, 0.2) is 6.61 Å². The lowest BCUT2D eigenvalue weighted by molar-refractivity contribution is -0.155. The van der Waals surface area contributed by atoms with Crippen LogP contribution in [0.25, 0.3) is 0 Å². The Morgan fingerprint density at radius 2 is 2.00 bits per heavy atom. The molecule has 7 nitrogen and oxygen atoms in total. The Balaban J connectivity index is 2.00. The van der Waals surface area contributed by atoms with E-state index in [1.165, 1.54) is 4.31 Å². The van der Waals surface area contributed by atoms with Crippen LogP contribution in [0.3, 0.4) is 0 Å². The minimum atomic E-state index is -3.27. The van der Waals surface area contributed by atoms with Gasteiger partial charge in [-0.1, -0.05) is 6.07 Å². The zero-order valence-electron chi connectivity index (χ0n) is 14.0. The number of rotatable bonds is 4. The monoisotopic (exact) mass is 354 g/mol. The van der Waals surface area contributed by atoms with Gasteiger partial charge in [0, 0.05) is 12.2 Å². The van der Waals surface area contributed by atoms with E-state index in [9.17, 15) is 18.0 Å². The number of carbonyl (C=O) groups is 2. The zero-order valence-corrected chi connectivity index (χ0v) is 14.9. The Hall–Kier alpha value is -2.09. The molecule has 1 heterocycles. The number of ether oxygens (including phenoxy) is 1. The van der Waals surface area contributed by atoms with Crippen molar-refractivity contribution in [2.75, 3.05) is 28.5 Å². The predicted molar refractivity (Wildman–Crippen MR) is 91.2 cm³/mol. The van der Waals surface area contributed by atoms with Crippen LogP contribution in [0.15, 0.2) is 24.3 Å². The molecule has 1 N–H and O–H groups in total. The number of nitrogens with one attached hydrogen (secondary N) is 1. The summed E-state index contributed by atoms with van der Waals surface area (Å²) in [6, 6.07) is 6.58. The average Bonchev–Trinajstić information content (AvgIpc) is 2.83. The van der Waals surface area contributed by atoms with Crippen LogP contribution in [0.4, 0.5) is 11.4 Å². The molecule has 24 heavy (non-hydrogen) atoms. The van der Waals surface area contributed by atoms with Crippen molar-refractivity contribution in [3.8, 4) is 0 Å². The summed E-state index contributed by atoms with van der Waals surface area (Å²) in [6.45, 7) is 5.15. The summed E-state index contributed by atoms with van der Waals surface area (Å²) in [6.07, 6.45) is 0.585. The van der Waals surface area contributed by atoms with Gasteiger partial charge < -0.3 is 10.1 Å². The van der Waals surface area contributed by atoms with Crippen molar-refractivity contribution >= 4 is 33.3 Å². The second kappa shape index (κ2) is 6.80. The molecule has 0 aliphatic carbocycles. The zero-order chi connectivity index (χ0) is 18.0. The van der Waals surface area contributed by atoms with Gasteiger partial charge in [-0.2, -0.15) is 0 Å². The fraction of sp³-hybridized carbons (Fsp3) is 0.500. The lowest BCUT2D eigenvalue weighted by atomic mass is 9.97. The average molecular weight is 354 g/mol. The number of hydrogen-bond acceptors (Lipinski definition) is 5. The molecule has 1 aromatic carbocycles. The van der Waals surface area contributed by atoms with E-state index in [1.54, 1.807) is 45.0 Å². The molecule has 0 bridgehead atoms. The maximum atomic E-state index is 11.9. The summed E-state index contributed by atoms with van der Waals surface area (Å²) in [5, 5.41) is 2.60. The molecule has 0 atom stereocenters. The highest BCUT2D eigenvalue weighted by molar-refractivity contribution is 7.93. The quantitative estimate of drug-likeness (QED) is 0.832. The van der Waals surface area contributed by atoms with Crippen LogP contribution in [-0.2, 0) is 24.3 Å². The van der Waals surface area contributed by atoms with Gasteiger partial charge in [0.2, 0.25) is 10.0 Å². The van der Waals surface area contributed by atoms with E-state index in [2.05, 4.69) is 5.32 Å². The summed E-state index contributed by atoms with van der Waals surface area (Å²) in [5.41, 5.74) is 0.285. The third-order valence-corrected chi connectivity index (χ3v) is 5.33. The SMILES string of the molecule is CC(C)(C)C(=O)OCC(=O)Nc1cccc(N2CCCS2(=O)=O)c1. The molecule has 8 heteroatoms. The van der Waals surface area contributed by atoms with Crippen LogP contribution in [0.2, 0.25) is 0 Å². The molecule has 1 saturated heterocycles. The fourth-order valence-corrected chi connectivity index (χ4v) is 3.77. The Kier molecular flexibility index (Phi) is 5.17. The van der Waals surface area contributed by atoms with Crippen molar-refractivity contribution in [2.45, 2.75) is 27.2 Å². The minimum absolute atomic E-state index is 0.131. The van der Waals surface area contributed by atoms with Gasteiger partial charge in [0.25, 0.3) is 5.91 Å². The van der Waals surface area contributed by atoms with E-state index in [0.29, 0.717) is 24.3 Å². The van der Waals surface area contributed by atoms with Crippen molar-refractivity contribution in [1.29, 1.82) is 0 Å². The summed E-state index contributed by atoms with van der Waals surface area (Å²) in [4.78, 5) is 23.5. The number of nitrogens with zero attached hydrogens (tertiary/aromatic N) is 1. The van der Waals surface area contributed by atoms with E-state index in [1.807, 2.05) is 0 Å². The number of hydrogen-bond donors (Lipinski definition) is 1. The second-order valence-corrected chi connectivity index (χ2v) is 8.68. The normalized spacial score (nSPS) is 16.7. The van der Waals surface area contributed by atoms with Gasteiger partial charge in [0.1, 0.15) is 0 Å². The molecule has 0 saturated carbocycles. The maximum absolute atomic E-state index is 11.9. The number of amides is 1. The fourth-order valence-electron chi connectivity index (χ4n) is 2.21. The van der Waals surface area contributed by atoms with Crippen LogP contribution in [0.5, 0.6) is 0 Å². The number of carbonyl (C=O) groups excluding carboxylic acids is 2. The molecule has 1 aliphatic rings. The van der Waals surface area contributed by atoms with E-state index >= 15 is 0 Å². The highest BCUT2D eigenvalue weighted by Crippen LogP contribution is 2.26. The first-order chi connectivity index (χ1) is 11.1. The number of anilines is 2. The molecular formula is C16H22N2O5S. The molecule has 0 spiro atoms. The Morgan fingerprint density at radius 3 is 2.58 bits per heavy atom. The van der Waals surface area contributed by atoms with E-state index in [4.69, 9.17) is 4.74 Å². The largest absolute Gasteiger partial charge is 0.455 e. The van der Waals surface area contributed by atoms with Gasteiger partial charge in [-0.3, -0.25) is 13.9 Å². The molecular weight excluding hydrogens is 332 g/mol. The standard InChI is InChI=1S/C16H22N2O5S/c1-16(2,3)15(20)23-11-14(19)17-12-6-4-7-13(10-12)18-8-5-9-24(18,21)22/h4,6-7,10H,5,8-9,11H2,1-3H3,(H,17,19). The van der Waals surface area contributed by atoms with Gasteiger partial charge in [-0.05, 0) is 45.4 Å².